The minimum absolute atomic E-state index is 0.465. The second kappa shape index (κ2) is 2.90. The van der Waals surface area contributed by atoms with Crippen LogP contribution in [0.2, 0.25) is 0 Å². The molecule has 0 atom stereocenters. The molecular weight excluding hydrogens is 108 g/mol. The highest BCUT2D eigenvalue weighted by Gasteiger charge is 2.03. The average molecular weight is 114 g/mol. The second-order valence-electron chi connectivity index (χ2n) is 0.998. The first-order valence-corrected chi connectivity index (χ1v) is 1.86. The number of nitrogens with zero attached hydrogens (tertiary/aromatic N) is 1. The summed E-state index contributed by atoms with van der Waals surface area (Å²) in [4.78, 5) is 13.2. The SMILES string of the molecule is C=NC(=N)C(=O)OC. The molecule has 0 rings (SSSR count). The Kier molecular flexibility index (Phi) is 2.47. The number of amidine groups is 1. The van der Waals surface area contributed by atoms with Gasteiger partial charge in [-0.2, -0.15) is 0 Å². The first-order valence-electron chi connectivity index (χ1n) is 1.86. The van der Waals surface area contributed by atoms with Crippen molar-refractivity contribution in [2.75, 3.05) is 7.11 Å². The molecule has 0 aromatic carbocycles. The summed E-state index contributed by atoms with van der Waals surface area (Å²) >= 11 is 0. The van der Waals surface area contributed by atoms with Gasteiger partial charge in [0, 0.05) is 0 Å². The molecule has 0 bridgehead atoms. The third-order valence-corrected chi connectivity index (χ3v) is 0.537. The number of rotatable bonds is 0. The van der Waals surface area contributed by atoms with E-state index in [9.17, 15) is 4.79 Å². The second-order valence-corrected chi connectivity index (χ2v) is 0.998. The van der Waals surface area contributed by atoms with Crippen LogP contribution in [0.25, 0.3) is 0 Å². The monoisotopic (exact) mass is 114 g/mol. The lowest BCUT2D eigenvalue weighted by atomic mass is 10.6. The summed E-state index contributed by atoms with van der Waals surface area (Å²) in [6.07, 6.45) is 0. The summed E-state index contributed by atoms with van der Waals surface area (Å²) in [6.45, 7) is 2.95. The topological polar surface area (TPSA) is 62.5 Å². The Labute approximate surface area is 46.7 Å². The molecule has 0 saturated carbocycles. The van der Waals surface area contributed by atoms with E-state index in [4.69, 9.17) is 5.41 Å². The van der Waals surface area contributed by atoms with Gasteiger partial charge < -0.3 is 4.74 Å². The van der Waals surface area contributed by atoms with Crippen LogP contribution in [0.1, 0.15) is 0 Å². The zero-order chi connectivity index (χ0) is 6.57. The zero-order valence-corrected chi connectivity index (χ0v) is 4.47. The first-order chi connectivity index (χ1) is 3.72. The van der Waals surface area contributed by atoms with Crippen molar-refractivity contribution in [3.05, 3.63) is 0 Å². The molecule has 0 unspecified atom stereocenters. The molecule has 0 aromatic heterocycles. The summed E-state index contributed by atoms with van der Waals surface area (Å²) in [7, 11) is 1.18. The van der Waals surface area contributed by atoms with E-state index in [1.807, 2.05) is 0 Å². The molecule has 0 aliphatic rings. The fraction of sp³-hybridized carbons (Fsp3) is 0.250. The maximum atomic E-state index is 10.2. The molecule has 0 aliphatic heterocycles. The van der Waals surface area contributed by atoms with Crippen molar-refractivity contribution < 1.29 is 9.53 Å². The van der Waals surface area contributed by atoms with Crippen LogP contribution in [-0.4, -0.2) is 25.6 Å². The number of aliphatic imine (C=N–C) groups is 1. The quantitative estimate of drug-likeness (QED) is 0.270. The first kappa shape index (κ1) is 6.81. The van der Waals surface area contributed by atoms with Crippen LogP contribution in [0.3, 0.4) is 0 Å². The van der Waals surface area contributed by atoms with Gasteiger partial charge in [-0.25, -0.2) is 9.79 Å². The maximum absolute atomic E-state index is 10.2. The van der Waals surface area contributed by atoms with Gasteiger partial charge in [0.25, 0.3) is 0 Å². The van der Waals surface area contributed by atoms with Crippen molar-refractivity contribution in [1.82, 2.24) is 0 Å². The summed E-state index contributed by atoms with van der Waals surface area (Å²) in [5.41, 5.74) is 0. The molecule has 0 saturated heterocycles. The largest absolute Gasteiger partial charge is 0.463 e. The van der Waals surface area contributed by atoms with Gasteiger partial charge in [0.05, 0.1) is 7.11 Å². The van der Waals surface area contributed by atoms with Crippen LogP contribution >= 0.6 is 0 Å². The van der Waals surface area contributed by atoms with E-state index >= 15 is 0 Å². The molecule has 4 nitrogen and oxygen atoms in total. The van der Waals surface area contributed by atoms with Crippen molar-refractivity contribution in [2.45, 2.75) is 0 Å². The molecular formula is C4H6N2O2. The number of hydrogen-bond acceptors (Lipinski definition) is 3. The molecule has 0 heterocycles. The summed E-state index contributed by atoms with van der Waals surface area (Å²) in [5.74, 6) is -1.23. The molecule has 0 radical (unpaired) electrons. The van der Waals surface area contributed by atoms with Crippen molar-refractivity contribution >= 4 is 18.5 Å². The van der Waals surface area contributed by atoms with E-state index in [-0.39, 0.29) is 0 Å². The lowest BCUT2D eigenvalue weighted by Gasteiger charge is -1.90. The molecule has 0 aromatic rings. The molecule has 0 fully saturated rings. The lowest BCUT2D eigenvalue weighted by Crippen LogP contribution is -2.10. The van der Waals surface area contributed by atoms with Gasteiger partial charge in [0.1, 0.15) is 0 Å². The average Bonchev–Trinajstić information content (AvgIpc) is 1.84. The van der Waals surface area contributed by atoms with Gasteiger partial charge >= 0.3 is 5.97 Å². The van der Waals surface area contributed by atoms with Crippen LogP contribution in [0, 0.1) is 5.41 Å². The molecule has 0 aliphatic carbocycles. The Morgan fingerprint density at radius 3 is 2.50 bits per heavy atom. The molecule has 8 heavy (non-hydrogen) atoms. The van der Waals surface area contributed by atoms with Gasteiger partial charge in [-0.05, 0) is 6.72 Å². The van der Waals surface area contributed by atoms with E-state index < -0.39 is 11.8 Å². The summed E-state index contributed by atoms with van der Waals surface area (Å²) < 4.78 is 4.11. The number of ether oxygens (including phenoxy) is 1. The van der Waals surface area contributed by atoms with Crippen molar-refractivity contribution in [1.29, 1.82) is 5.41 Å². The molecule has 0 amide bonds. The highest BCUT2D eigenvalue weighted by molar-refractivity contribution is 6.35. The minimum Gasteiger partial charge on any atom is -0.463 e. The van der Waals surface area contributed by atoms with E-state index in [2.05, 4.69) is 16.4 Å². The highest BCUT2D eigenvalue weighted by atomic mass is 16.5. The van der Waals surface area contributed by atoms with E-state index in [1.165, 1.54) is 7.11 Å². The molecule has 0 spiro atoms. The Bertz CT molecular complexity index is 130. The maximum Gasteiger partial charge on any atom is 0.375 e. The van der Waals surface area contributed by atoms with Crippen LogP contribution in [0.4, 0.5) is 0 Å². The third-order valence-electron chi connectivity index (χ3n) is 0.537. The van der Waals surface area contributed by atoms with Gasteiger partial charge in [-0.15, -0.1) is 0 Å². The van der Waals surface area contributed by atoms with E-state index in [1.54, 1.807) is 0 Å². The highest BCUT2D eigenvalue weighted by Crippen LogP contribution is 1.76. The Hall–Kier alpha value is -1.19. The summed E-state index contributed by atoms with van der Waals surface area (Å²) in [6, 6.07) is 0. The van der Waals surface area contributed by atoms with Gasteiger partial charge in [-0.3, -0.25) is 5.41 Å². The number of nitrogens with one attached hydrogen (secondary N) is 1. The van der Waals surface area contributed by atoms with Crippen LogP contribution < -0.4 is 0 Å². The number of carbonyl (C=O) groups is 1. The number of methoxy groups -OCH3 is 1. The molecule has 4 heteroatoms. The number of hydrogen-bond donors (Lipinski definition) is 1. The normalized spacial score (nSPS) is 7.62. The van der Waals surface area contributed by atoms with Crippen LogP contribution in [0.15, 0.2) is 4.99 Å². The van der Waals surface area contributed by atoms with Gasteiger partial charge in [0.2, 0.25) is 5.84 Å². The Morgan fingerprint density at radius 1 is 1.88 bits per heavy atom. The van der Waals surface area contributed by atoms with Crippen LogP contribution in [0.5, 0.6) is 0 Å². The summed E-state index contributed by atoms with van der Waals surface area (Å²) in [5, 5.41) is 6.64. The van der Waals surface area contributed by atoms with Gasteiger partial charge in [-0.1, -0.05) is 0 Å². The standard InChI is InChI=1S/C4H6N2O2/c1-6-3(5)4(7)8-2/h5H,1H2,2H3. The fourth-order valence-corrected chi connectivity index (χ4v) is 0.161. The number of carbonyl (C=O) groups excluding carboxylic acids is 1. The van der Waals surface area contributed by atoms with Crippen molar-refractivity contribution in [2.24, 2.45) is 4.99 Å². The lowest BCUT2D eigenvalue weighted by molar-refractivity contribution is -0.132. The van der Waals surface area contributed by atoms with Crippen molar-refractivity contribution in [3.8, 4) is 0 Å². The smallest absolute Gasteiger partial charge is 0.375 e. The van der Waals surface area contributed by atoms with E-state index in [0.717, 1.165) is 0 Å². The van der Waals surface area contributed by atoms with Crippen LogP contribution in [-0.2, 0) is 9.53 Å². The predicted octanol–water partition coefficient (Wildman–Crippen LogP) is -0.163. The number of esters is 1. The minimum atomic E-state index is -0.764. The zero-order valence-electron chi connectivity index (χ0n) is 4.47. The van der Waals surface area contributed by atoms with E-state index in [0.29, 0.717) is 0 Å². The van der Waals surface area contributed by atoms with Gasteiger partial charge in [0.15, 0.2) is 0 Å². The predicted molar refractivity (Wildman–Crippen MR) is 29.3 cm³/mol. The molecule has 1 N–H and O–H groups in total. The third kappa shape index (κ3) is 1.51. The molecule has 44 valence electrons. The fourth-order valence-electron chi connectivity index (χ4n) is 0.161. The Morgan fingerprint density at radius 2 is 2.38 bits per heavy atom. The Balaban J connectivity index is 3.82. The van der Waals surface area contributed by atoms with Crippen molar-refractivity contribution in [3.63, 3.8) is 0 Å².